The molecule has 0 atom stereocenters. The minimum Gasteiger partial charge on any atom is -0.368 e. The van der Waals surface area contributed by atoms with Gasteiger partial charge in [-0.2, -0.15) is 0 Å². The summed E-state index contributed by atoms with van der Waals surface area (Å²) in [6, 6.07) is 10.2. The number of carbonyl (C=O) groups is 1. The van der Waals surface area contributed by atoms with Crippen molar-refractivity contribution in [3.63, 3.8) is 0 Å². The number of likely N-dealkylation sites (N-methyl/N-ethyl adjacent to an activating group) is 1. The quantitative estimate of drug-likeness (QED) is 0.655. The Morgan fingerprint density at radius 2 is 1.76 bits per heavy atom. The lowest BCUT2D eigenvalue weighted by Gasteiger charge is -2.35. The topological polar surface area (TPSA) is 26.8 Å². The number of amides is 1. The Kier molecular flexibility index (Phi) is 5.81. The standard InChI is InChI=1S/C22H22Cl2FN3O/c1-26-9-11-27(12-10-26)21-4-2-3-20(25)17(21)13-15-7-8-28(22(15)29)16-5-6-18(23)19(24)14-16/h2-6,13-14H,7-12H2,1H3/b15-13-. The maximum Gasteiger partial charge on any atom is 0.254 e. The van der Waals surface area contributed by atoms with Crippen LogP contribution in [0.2, 0.25) is 10.0 Å². The van der Waals surface area contributed by atoms with Crippen LogP contribution in [0.1, 0.15) is 12.0 Å². The second-order valence-corrected chi connectivity index (χ2v) is 8.25. The van der Waals surface area contributed by atoms with Crippen molar-refractivity contribution >= 4 is 46.6 Å². The molecule has 4 nitrogen and oxygen atoms in total. The number of benzene rings is 2. The molecule has 29 heavy (non-hydrogen) atoms. The van der Waals surface area contributed by atoms with Crippen LogP contribution in [0.5, 0.6) is 0 Å². The van der Waals surface area contributed by atoms with Crippen molar-refractivity contribution in [2.24, 2.45) is 0 Å². The Bertz CT molecular complexity index is 971. The predicted molar refractivity (Wildman–Crippen MR) is 118 cm³/mol. The molecule has 0 aromatic heterocycles. The van der Waals surface area contributed by atoms with E-state index in [9.17, 15) is 9.18 Å². The first kappa shape index (κ1) is 20.2. The molecule has 0 unspecified atom stereocenters. The average Bonchev–Trinajstić information content (AvgIpc) is 3.07. The number of nitrogens with zero attached hydrogens (tertiary/aromatic N) is 3. The molecule has 2 aromatic rings. The smallest absolute Gasteiger partial charge is 0.254 e. The van der Waals surface area contributed by atoms with E-state index in [4.69, 9.17) is 23.2 Å². The summed E-state index contributed by atoms with van der Waals surface area (Å²) in [4.78, 5) is 19.1. The normalized spacial score (nSPS) is 19.4. The van der Waals surface area contributed by atoms with Crippen LogP contribution in [0.4, 0.5) is 15.8 Å². The van der Waals surface area contributed by atoms with Crippen LogP contribution in [-0.4, -0.2) is 50.6 Å². The van der Waals surface area contributed by atoms with Gasteiger partial charge in [-0.3, -0.25) is 4.79 Å². The van der Waals surface area contributed by atoms with Crippen LogP contribution >= 0.6 is 23.2 Å². The number of piperazine rings is 1. The first-order valence-corrected chi connectivity index (χ1v) is 10.4. The van der Waals surface area contributed by atoms with Crippen LogP contribution in [0.25, 0.3) is 6.08 Å². The molecule has 7 heteroatoms. The first-order chi connectivity index (χ1) is 13.9. The van der Waals surface area contributed by atoms with Gasteiger partial charge in [0.2, 0.25) is 0 Å². The van der Waals surface area contributed by atoms with Crippen LogP contribution < -0.4 is 9.80 Å². The predicted octanol–water partition coefficient (Wildman–Crippen LogP) is 4.70. The van der Waals surface area contributed by atoms with E-state index in [-0.39, 0.29) is 11.7 Å². The molecule has 1 amide bonds. The van der Waals surface area contributed by atoms with Crippen LogP contribution in [0, 0.1) is 5.82 Å². The Hall–Kier alpha value is -2.08. The molecular formula is C22H22Cl2FN3O. The van der Waals surface area contributed by atoms with E-state index in [1.165, 1.54) is 6.07 Å². The Morgan fingerprint density at radius 3 is 2.48 bits per heavy atom. The second kappa shape index (κ2) is 8.34. The highest BCUT2D eigenvalue weighted by atomic mass is 35.5. The molecule has 2 aliphatic rings. The van der Waals surface area contributed by atoms with E-state index in [0.717, 1.165) is 31.9 Å². The zero-order valence-corrected chi connectivity index (χ0v) is 17.7. The van der Waals surface area contributed by atoms with Crippen molar-refractivity contribution < 1.29 is 9.18 Å². The van der Waals surface area contributed by atoms with Gasteiger partial charge in [0.1, 0.15) is 5.82 Å². The fourth-order valence-electron chi connectivity index (χ4n) is 3.81. The zero-order chi connectivity index (χ0) is 20.5. The van der Waals surface area contributed by atoms with Gasteiger partial charge in [0, 0.05) is 55.2 Å². The first-order valence-electron chi connectivity index (χ1n) is 9.63. The molecular weight excluding hydrogens is 412 g/mol. The van der Waals surface area contributed by atoms with Crippen molar-refractivity contribution in [3.05, 3.63) is 63.4 Å². The summed E-state index contributed by atoms with van der Waals surface area (Å²) in [5, 5.41) is 0.849. The van der Waals surface area contributed by atoms with Crippen LogP contribution in [-0.2, 0) is 4.79 Å². The van der Waals surface area contributed by atoms with Crippen molar-refractivity contribution in [1.82, 2.24) is 4.90 Å². The van der Waals surface area contributed by atoms with Gasteiger partial charge < -0.3 is 14.7 Å². The summed E-state index contributed by atoms with van der Waals surface area (Å²) in [5.41, 5.74) is 2.61. The molecule has 152 valence electrons. The summed E-state index contributed by atoms with van der Waals surface area (Å²) >= 11 is 12.1. The van der Waals surface area contributed by atoms with Crippen molar-refractivity contribution in [1.29, 1.82) is 0 Å². The van der Waals surface area contributed by atoms with E-state index >= 15 is 0 Å². The van der Waals surface area contributed by atoms with E-state index in [1.807, 2.05) is 6.07 Å². The van der Waals surface area contributed by atoms with Gasteiger partial charge in [-0.25, -0.2) is 4.39 Å². The van der Waals surface area contributed by atoms with Crippen molar-refractivity contribution in [3.8, 4) is 0 Å². The highest BCUT2D eigenvalue weighted by Gasteiger charge is 2.28. The number of carbonyl (C=O) groups excluding carboxylic acids is 1. The lowest BCUT2D eigenvalue weighted by atomic mass is 10.1. The molecule has 2 saturated heterocycles. The maximum atomic E-state index is 14.7. The van der Waals surface area contributed by atoms with Gasteiger partial charge in [0.15, 0.2) is 0 Å². The highest BCUT2D eigenvalue weighted by molar-refractivity contribution is 6.42. The Morgan fingerprint density at radius 1 is 1.00 bits per heavy atom. The third-order valence-electron chi connectivity index (χ3n) is 5.53. The lowest BCUT2D eigenvalue weighted by Crippen LogP contribution is -2.44. The molecule has 0 spiro atoms. The fourth-order valence-corrected chi connectivity index (χ4v) is 4.11. The second-order valence-electron chi connectivity index (χ2n) is 7.44. The summed E-state index contributed by atoms with van der Waals surface area (Å²) < 4.78 is 14.7. The van der Waals surface area contributed by atoms with E-state index in [2.05, 4.69) is 16.8 Å². The van der Waals surface area contributed by atoms with Crippen molar-refractivity contribution in [2.45, 2.75) is 6.42 Å². The van der Waals surface area contributed by atoms with Gasteiger partial charge in [-0.1, -0.05) is 29.3 Å². The number of rotatable bonds is 3. The lowest BCUT2D eigenvalue weighted by molar-refractivity contribution is -0.114. The van der Waals surface area contributed by atoms with Gasteiger partial charge in [0.25, 0.3) is 5.91 Å². The number of anilines is 2. The molecule has 4 rings (SSSR count). The van der Waals surface area contributed by atoms with E-state index in [1.54, 1.807) is 35.2 Å². The van der Waals surface area contributed by atoms with Gasteiger partial charge in [-0.15, -0.1) is 0 Å². The maximum absolute atomic E-state index is 14.7. The Balaban J connectivity index is 1.63. The minimum absolute atomic E-state index is 0.129. The molecule has 2 fully saturated rings. The molecule has 0 aliphatic carbocycles. The SMILES string of the molecule is CN1CCN(c2cccc(F)c2/C=C2/CCN(c3ccc(Cl)c(Cl)c3)C2=O)CC1. The van der Waals surface area contributed by atoms with Gasteiger partial charge in [-0.05, 0) is 49.9 Å². The summed E-state index contributed by atoms with van der Waals surface area (Å²) in [5.74, 6) is -0.439. The monoisotopic (exact) mass is 433 g/mol. The van der Waals surface area contributed by atoms with Crippen molar-refractivity contribution in [2.75, 3.05) is 49.6 Å². The third-order valence-corrected chi connectivity index (χ3v) is 6.27. The van der Waals surface area contributed by atoms with Crippen LogP contribution in [0.15, 0.2) is 42.0 Å². The number of hydrogen-bond acceptors (Lipinski definition) is 3. The summed E-state index contributed by atoms with van der Waals surface area (Å²) in [6.07, 6.45) is 2.26. The third kappa shape index (κ3) is 4.13. The molecule has 0 radical (unpaired) electrons. The van der Waals surface area contributed by atoms with Gasteiger partial charge in [0.05, 0.1) is 10.0 Å². The number of halogens is 3. The van der Waals surface area contributed by atoms with Gasteiger partial charge >= 0.3 is 0 Å². The largest absolute Gasteiger partial charge is 0.368 e. The number of hydrogen-bond donors (Lipinski definition) is 0. The fraction of sp³-hybridized carbons (Fsp3) is 0.318. The summed E-state index contributed by atoms with van der Waals surface area (Å²) in [6.45, 7) is 4.05. The average molecular weight is 434 g/mol. The Labute approximate surface area is 180 Å². The molecule has 2 aliphatic heterocycles. The molecule has 2 aromatic carbocycles. The minimum atomic E-state index is -0.310. The molecule has 2 heterocycles. The summed E-state index contributed by atoms with van der Waals surface area (Å²) in [7, 11) is 2.08. The molecule has 0 saturated carbocycles. The van der Waals surface area contributed by atoms with E-state index in [0.29, 0.717) is 39.8 Å². The van der Waals surface area contributed by atoms with E-state index < -0.39 is 0 Å². The zero-order valence-electron chi connectivity index (χ0n) is 16.2. The molecule has 0 bridgehead atoms. The van der Waals surface area contributed by atoms with Crippen LogP contribution in [0.3, 0.4) is 0 Å². The molecule has 0 N–H and O–H groups in total. The highest BCUT2D eigenvalue weighted by Crippen LogP contribution is 2.33.